The van der Waals surface area contributed by atoms with Crippen molar-refractivity contribution >= 4 is 17.0 Å². The van der Waals surface area contributed by atoms with Gasteiger partial charge in [0.25, 0.3) is 0 Å². The van der Waals surface area contributed by atoms with E-state index in [1.165, 1.54) is 0 Å². The summed E-state index contributed by atoms with van der Waals surface area (Å²) in [7, 11) is 0. The lowest BCUT2D eigenvalue weighted by Crippen LogP contribution is -1.99. The van der Waals surface area contributed by atoms with Crippen LogP contribution in [0.1, 0.15) is 12.6 Å². The zero-order valence-electron chi connectivity index (χ0n) is 9.67. The van der Waals surface area contributed by atoms with E-state index in [1.807, 2.05) is 37.3 Å². The number of imidazole rings is 1. The molecule has 0 atom stereocenters. The monoisotopic (exact) mass is 226 g/mol. The van der Waals surface area contributed by atoms with E-state index in [0.717, 1.165) is 16.9 Å². The Balaban J connectivity index is 2.42. The van der Waals surface area contributed by atoms with Gasteiger partial charge >= 0.3 is 0 Å². The fraction of sp³-hybridized carbons (Fsp3) is 0.0769. The summed E-state index contributed by atoms with van der Waals surface area (Å²) in [6, 6.07) is 3.55. The molecule has 2 N–H and O–H groups in total. The molecule has 0 aliphatic heterocycles. The van der Waals surface area contributed by atoms with E-state index in [0.29, 0.717) is 5.82 Å². The molecule has 0 amide bonds. The third-order valence-corrected chi connectivity index (χ3v) is 2.31. The van der Waals surface area contributed by atoms with Gasteiger partial charge in [-0.3, -0.25) is 0 Å². The van der Waals surface area contributed by atoms with E-state index < -0.39 is 0 Å². The van der Waals surface area contributed by atoms with Crippen molar-refractivity contribution in [2.45, 2.75) is 6.92 Å². The third kappa shape index (κ3) is 2.25. The van der Waals surface area contributed by atoms with Gasteiger partial charge in [-0.15, -0.1) is 5.10 Å². The Labute approximate surface area is 99.8 Å². The van der Waals surface area contributed by atoms with Crippen LogP contribution in [0, 0.1) is 0 Å². The van der Waals surface area contributed by atoms with Crippen LogP contribution in [0.2, 0.25) is 0 Å². The Morgan fingerprint density at radius 3 is 3.00 bits per heavy atom. The molecule has 0 fully saturated rings. The maximum absolute atomic E-state index is 5.66. The molecule has 0 spiro atoms. The molecule has 4 heteroatoms. The molecule has 0 saturated carbocycles. The first-order valence-corrected chi connectivity index (χ1v) is 5.31. The van der Waals surface area contributed by atoms with E-state index >= 15 is 0 Å². The molecule has 0 radical (unpaired) electrons. The summed E-state index contributed by atoms with van der Waals surface area (Å²) in [6.07, 6.45) is 9.47. The Morgan fingerprint density at radius 2 is 2.24 bits per heavy atom. The lowest BCUT2D eigenvalue weighted by molar-refractivity contribution is 0.932. The first-order chi connectivity index (χ1) is 8.22. The minimum absolute atomic E-state index is 0.460. The van der Waals surface area contributed by atoms with E-state index in [9.17, 15) is 0 Å². The van der Waals surface area contributed by atoms with Crippen molar-refractivity contribution in [1.29, 1.82) is 0 Å². The van der Waals surface area contributed by atoms with Crippen LogP contribution >= 0.6 is 0 Å². The largest absolute Gasteiger partial charge is 0.382 e. The Bertz CT molecular complexity index is 605. The maximum atomic E-state index is 5.66. The van der Waals surface area contributed by atoms with Crippen LogP contribution in [0.3, 0.4) is 0 Å². The molecule has 0 bridgehead atoms. The number of anilines is 1. The van der Waals surface area contributed by atoms with Crippen LogP contribution in [0.25, 0.3) is 11.2 Å². The Kier molecular flexibility index (Phi) is 3.05. The molecule has 86 valence electrons. The smallest absolute Gasteiger partial charge is 0.154 e. The number of nitrogens with two attached hydrogens (primary N) is 1. The van der Waals surface area contributed by atoms with Gasteiger partial charge in [0.05, 0.1) is 11.9 Å². The highest BCUT2D eigenvalue weighted by Gasteiger charge is 2.05. The predicted octanol–water partition coefficient (Wildman–Crippen LogP) is 2.46. The van der Waals surface area contributed by atoms with E-state index in [1.54, 1.807) is 16.8 Å². The van der Waals surface area contributed by atoms with Crippen molar-refractivity contribution in [1.82, 2.24) is 14.6 Å². The summed E-state index contributed by atoms with van der Waals surface area (Å²) < 4.78 is 1.69. The maximum Gasteiger partial charge on any atom is 0.154 e. The van der Waals surface area contributed by atoms with Crippen molar-refractivity contribution in [2.75, 3.05) is 5.73 Å². The van der Waals surface area contributed by atoms with E-state index in [-0.39, 0.29) is 0 Å². The first kappa shape index (κ1) is 11.1. The third-order valence-electron chi connectivity index (χ3n) is 2.31. The van der Waals surface area contributed by atoms with Gasteiger partial charge in [-0.1, -0.05) is 30.9 Å². The summed E-state index contributed by atoms with van der Waals surface area (Å²) in [5.74, 6) is 0.460. The highest BCUT2D eigenvalue weighted by Crippen LogP contribution is 2.15. The average molecular weight is 226 g/mol. The summed E-state index contributed by atoms with van der Waals surface area (Å²) in [4.78, 5) is 4.24. The fourth-order valence-electron chi connectivity index (χ4n) is 1.47. The van der Waals surface area contributed by atoms with Crippen LogP contribution in [-0.4, -0.2) is 14.6 Å². The van der Waals surface area contributed by atoms with Gasteiger partial charge in [0.2, 0.25) is 0 Å². The van der Waals surface area contributed by atoms with Crippen LogP contribution in [-0.2, 0) is 0 Å². The number of nitrogens with zero attached hydrogens (tertiary/aromatic N) is 3. The predicted molar refractivity (Wildman–Crippen MR) is 70.4 cm³/mol. The molecule has 0 aliphatic carbocycles. The van der Waals surface area contributed by atoms with E-state index in [2.05, 4.69) is 16.7 Å². The molecule has 0 unspecified atom stereocenters. The average Bonchev–Trinajstić information content (AvgIpc) is 2.72. The van der Waals surface area contributed by atoms with Crippen molar-refractivity contribution in [3.05, 3.63) is 54.9 Å². The zero-order chi connectivity index (χ0) is 12.3. The summed E-state index contributed by atoms with van der Waals surface area (Å²) in [5.41, 5.74) is 8.10. The molecule has 2 aromatic heterocycles. The van der Waals surface area contributed by atoms with Crippen molar-refractivity contribution in [3.8, 4) is 0 Å². The van der Waals surface area contributed by atoms with Crippen molar-refractivity contribution < 1.29 is 0 Å². The zero-order valence-corrected chi connectivity index (χ0v) is 9.67. The van der Waals surface area contributed by atoms with Gasteiger partial charge in [-0.2, -0.15) is 0 Å². The molecule has 2 aromatic rings. The van der Waals surface area contributed by atoms with Gasteiger partial charge < -0.3 is 5.73 Å². The van der Waals surface area contributed by atoms with Gasteiger partial charge in [0, 0.05) is 0 Å². The molecule has 0 aromatic carbocycles. The summed E-state index contributed by atoms with van der Waals surface area (Å²) >= 11 is 0. The summed E-state index contributed by atoms with van der Waals surface area (Å²) in [6.45, 7) is 5.95. The van der Waals surface area contributed by atoms with Gasteiger partial charge in [0.15, 0.2) is 5.65 Å². The highest BCUT2D eigenvalue weighted by atomic mass is 15.3. The highest BCUT2D eigenvalue weighted by molar-refractivity contribution is 5.71. The first-order valence-electron chi connectivity index (χ1n) is 5.31. The van der Waals surface area contributed by atoms with Crippen LogP contribution < -0.4 is 5.73 Å². The molecule has 4 nitrogen and oxygen atoms in total. The van der Waals surface area contributed by atoms with Crippen molar-refractivity contribution in [2.24, 2.45) is 0 Å². The van der Waals surface area contributed by atoms with Gasteiger partial charge in [-0.05, 0) is 24.6 Å². The Hall–Kier alpha value is -2.36. The SMILES string of the molecule is C=C(/C=C\C=C/C)c1cnc2ccc(N)nn12. The van der Waals surface area contributed by atoms with Crippen molar-refractivity contribution in [3.63, 3.8) is 0 Å². The molecule has 2 heterocycles. The topological polar surface area (TPSA) is 56.2 Å². The number of hydrogen-bond acceptors (Lipinski definition) is 3. The number of allylic oxidation sites excluding steroid dienone is 5. The van der Waals surface area contributed by atoms with E-state index in [4.69, 9.17) is 5.73 Å². The second-order valence-electron chi connectivity index (χ2n) is 3.58. The second kappa shape index (κ2) is 4.65. The Morgan fingerprint density at radius 1 is 1.41 bits per heavy atom. The number of nitrogen functional groups attached to an aromatic ring is 1. The summed E-state index contributed by atoms with van der Waals surface area (Å²) in [5, 5.41) is 4.20. The minimum atomic E-state index is 0.460. The van der Waals surface area contributed by atoms with Crippen LogP contribution in [0.4, 0.5) is 5.82 Å². The molecule has 0 saturated heterocycles. The standard InChI is InChI=1S/C13H14N4/c1-3-4-5-6-10(2)11-9-15-13-8-7-12(14)16-17(11)13/h3-9H,2H2,1H3,(H2,14,16)/b4-3-,6-5-. The van der Waals surface area contributed by atoms with Crippen LogP contribution in [0.15, 0.2) is 49.2 Å². The van der Waals surface area contributed by atoms with Crippen LogP contribution in [0.5, 0.6) is 0 Å². The molecule has 2 rings (SSSR count). The molecule has 17 heavy (non-hydrogen) atoms. The quantitative estimate of drug-likeness (QED) is 0.818. The lowest BCUT2D eigenvalue weighted by Gasteiger charge is -2.00. The number of hydrogen-bond donors (Lipinski definition) is 1. The lowest BCUT2D eigenvalue weighted by atomic mass is 10.2. The number of aromatic nitrogens is 3. The fourth-order valence-corrected chi connectivity index (χ4v) is 1.47. The second-order valence-corrected chi connectivity index (χ2v) is 3.58. The normalized spacial score (nSPS) is 11.8. The minimum Gasteiger partial charge on any atom is -0.382 e. The van der Waals surface area contributed by atoms with Gasteiger partial charge in [-0.25, -0.2) is 9.50 Å². The molecular formula is C13H14N4. The number of fused-ring (bicyclic) bond motifs is 1. The number of rotatable bonds is 3. The molecule has 0 aliphatic rings. The molecular weight excluding hydrogens is 212 g/mol. The van der Waals surface area contributed by atoms with Gasteiger partial charge in [0.1, 0.15) is 5.82 Å².